The summed E-state index contributed by atoms with van der Waals surface area (Å²) in [6.45, 7) is 0. The molecule has 0 aliphatic heterocycles. The number of rotatable bonds is 9. The molecule has 11 heteroatoms. The second-order valence-corrected chi connectivity index (χ2v) is 8.66. The van der Waals surface area contributed by atoms with E-state index >= 15 is 0 Å². The number of carbonyl (C=O) groups is 2. The van der Waals surface area contributed by atoms with Crippen LogP contribution in [0.25, 0.3) is 5.69 Å². The number of thiazole rings is 1. The molecule has 4 aromatic rings. The predicted molar refractivity (Wildman–Crippen MR) is 122 cm³/mol. The average Bonchev–Trinajstić information content (AvgIpc) is 3.50. The van der Waals surface area contributed by atoms with Crippen molar-refractivity contribution in [1.29, 1.82) is 0 Å². The Morgan fingerprint density at radius 2 is 2.03 bits per heavy atom. The Balaban J connectivity index is 1.29. The van der Waals surface area contributed by atoms with Crippen LogP contribution in [0.3, 0.4) is 0 Å². The second kappa shape index (κ2) is 10.2. The first-order valence-corrected chi connectivity index (χ1v) is 11.3. The van der Waals surface area contributed by atoms with E-state index in [0.29, 0.717) is 22.7 Å². The van der Waals surface area contributed by atoms with Gasteiger partial charge in [0.2, 0.25) is 5.91 Å². The number of benzene rings is 2. The maximum absolute atomic E-state index is 12.4. The Morgan fingerprint density at radius 3 is 2.78 bits per heavy atom. The van der Waals surface area contributed by atoms with Gasteiger partial charge in [0.1, 0.15) is 12.1 Å². The maximum atomic E-state index is 12.4. The van der Waals surface area contributed by atoms with E-state index in [9.17, 15) is 9.59 Å². The molecular weight excluding hydrogens is 448 g/mol. The molecule has 0 unspecified atom stereocenters. The number of amides is 1. The monoisotopic (exact) mass is 466 g/mol. The Hall–Kier alpha value is -3.57. The van der Waals surface area contributed by atoms with Crippen LogP contribution in [0.15, 0.2) is 64.6 Å². The Morgan fingerprint density at radius 1 is 1.19 bits per heavy atom. The molecular formula is C21H18N6O3S2. The number of aromatic nitrogens is 5. The van der Waals surface area contributed by atoms with Gasteiger partial charge in [-0.3, -0.25) is 9.59 Å². The highest BCUT2D eigenvalue weighted by Gasteiger charge is 2.12. The molecule has 0 atom stereocenters. The molecule has 0 saturated carbocycles. The van der Waals surface area contributed by atoms with Crippen molar-refractivity contribution in [2.24, 2.45) is 0 Å². The molecule has 0 bridgehead atoms. The van der Waals surface area contributed by atoms with Crippen LogP contribution in [0, 0.1) is 0 Å². The highest BCUT2D eigenvalue weighted by Crippen LogP contribution is 2.24. The molecule has 0 aliphatic carbocycles. The van der Waals surface area contributed by atoms with Crippen LogP contribution in [0.4, 0.5) is 5.69 Å². The fourth-order valence-corrected chi connectivity index (χ4v) is 4.54. The topological polar surface area (TPSA) is 112 Å². The molecule has 1 N–H and O–H groups in total. The number of nitrogens with one attached hydrogen (secondary N) is 1. The van der Waals surface area contributed by atoms with Gasteiger partial charge in [0.05, 0.1) is 30.7 Å². The van der Waals surface area contributed by atoms with Crippen molar-refractivity contribution < 1.29 is 14.3 Å². The number of hydrogen-bond acceptors (Lipinski definition) is 9. The van der Waals surface area contributed by atoms with Crippen LogP contribution in [0.2, 0.25) is 0 Å². The molecule has 4 rings (SSSR count). The van der Waals surface area contributed by atoms with Gasteiger partial charge < -0.3 is 10.1 Å². The number of thioether (sulfide) groups is 1. The Kier molecular flexibility index (Phi) is 6.87. The number of methoxy groups -OCH3 is 1. The molecule has 2 heterocycles. The molecule has 0 aliphatic rings. The summed E-state index contributed by atoms with van der Waals surface area (Å²) in [6, 6.07) is 14.2. The molecule has 0 radical (unpaired) electrons. The number of ketones is 1. The van der Waals surface area contributed by atoms with E-state index in [2.05, 4.69) is 25.8 Å². The number of Topliss-reactive ketones (excluding diaryl/α,β-unsaturated/α-hetero) is 1. The number of ether oxygens (including phenoxy) is 1. The van der Waals surface area contributed by atoms with Crippen LogP contribution >= 0.6 is 23.1 Å². The molecule has 162 valence electrons. The van der Waals surface area contributed by atoms with Gasteiger partial charge in [-0.25, -0.2) is 9.67 Å². The first kappa shape index (κ1) is 21.7. The smallest absolute Gasteiger partial charge is 0.230 e. The number of hydrogen-bond donors (Lipinski definition) is 1. The zero-order chi connectivity index (χ0) is 22.3. The number of nitrogens with zero attached hydrogens (tertiary/aromatic N) is 5. The van der Waals surface area contributed by atoms with E-state index < -0.39 is 0 Å². The Bertz CT molecular complexity index is 1210. The van der Waals surface area contributed by atoms with E-state index in [-0.39, 0.29) is 23.9 Å². The SMILES string of the molecule is COc1ccc(C(=O)CSc2nc(CC(=O)Nc3cccc(-n4cnnn4)c3)cs2)cc1. The lowest BCUT2D eigenvalue weighted by atomic mass is 10.1. The van der Waals surface area contributed by atoms with E-state index in [4.69, 9.17) is 4.74 Å². The lowest BCUT2D eigenvalue weighted by Gasteiger charge is -2.06. The van der Waals surface area contributed by atoms with Crippen LogP contribution in [-0.2, 0) is 11.2 Å². The van der Waals surface area contributed by atoms with Crippen LogP contribution < -0.4 is 10.1 Å². The van der Waals surface area contributed by atoms with E-state index in [0.717, 1.165) is 10.0 Å². The third-order valence-corrected chi connectivity index (χ3v) is 6.42. The largest absolute Gasteiger partial charge is 0.497 e. The van der Waals surface area contributed by atoms with Crippen LogP contribution in [0.1, 0.15) is 16.1 Å². The summed E-state index contributed by atoms with van der Waals surface area (Å²) in [6.07, 6.45) is 1.62. The van der Waals surface area contributed by atoms with E-state index in [1.54, 1.807) is 43.5 Å². The lowest BCUT2D eigenvalue weighted by molar-refractivity contribution is -0.115. The molecule has 0 saturated heterocycles. The highest BCUT2D eigenvalue weighted by atomic mass is 32.2. The summed E-state index contributed by atoms with van der Waals surface area (Å²) in [5, 5.41) is 15.7. The molecule has 9 nitrogen and oxygen atoms in total. The van der Waals surface area contributed by atoms with Gasteiger partial charge in [-0.05, 0) is 52.9 Å². The summed E-state index contributed by atoms with van der Waals surface area (Å²) in [4.78, 5) is 29.2. The zero-order valence-electron chi connectivity index (χ0n) is 17.0. The molecule has 2 aromatic carbocycles. The van der Waals surface area contributed by atoms with Crippen LogP contribution in [0.5, 0.6) is 5.75 Å². The standard InChI is InChI=1S/C21H18N6O3S2/c1-30-18-7-5-14(6-8-18)19(28)12-32-21-24-16(11-31-21)10-20(29)23-15-3-2-4-17(9-15)27-13-22-25-26-27/h2-9,11,13H,10,12H2,1H3,(H,23,29). The first-order chi connectivity index (χ1) is 15.6. The van der Waals surface area contributed by atoms with Crippen molar-refractivity contribution >= 4 is 40.5 Å². The predicted octanol–water partition coefficient (Wildman–Crippen LogP) is 3.28. The molecule has 0 fully saturated rings. The van der Waals surface area contributed by atoms with Gasteiger partial charge in [0.25, 0.3) is 0 Å². The molecule has 2 aromatic heterocycles. The van der Waals surface area contributed by atoms with E-state index in [1.165, 1.54) is 34.1 Å². The maximum Gasteiger partial charge on any atom is 0.230 e. The fourth-order valence-electron chi connectivity index (χ4n) is 2.80. The van der Waals surface area contributed by atoms with Gasteiger partial charge in [-0.2, -0.15) is 0 Å². The van der Waals surface area contributed by atoms with Gasteiger partial charge in [0.15, 0.2) is 10.1 Å². The highest BCUT2D eigenvalue weighted by molar-refractivity contribution is 8.01. The summed E-state index contributed by atoms with van der Waals surface area (Å²) in [5.41, 5.74) is 2.65. The van der Waals surface area contributed by atoms with Gasteiger partial charge in [0, 0.05) is 16.6 Å². The normalized spacial score (nSPS) is 10.7. The molecule has 32 heavy (non-hydrogen) atoms. The molecule has 0 spiro atoms. The van der Waals surface area contributed by atoms with Crippen molar-refractivity contribution in [2.45, 2.75) is 10.8 Å². The summed E-state index contributed by atoms with van der Waals surface area (Å²) in [5.74, 6) is 0.805. The van der Waals surface area contributed by atoms with E-state index in [1.807, 2.05) is 17.5 Å². The third-order valence-electron chi connectivity index (χ3n) is 4.35. The van der Waals surface area contributed by atoms with Crippen molar-refractivity contribution in [3.63, 3.8) is 0 Å². The molecule has 1 amide bonds. The summed E-state index contributed by atoms with van der Waals surface area (Å²) in [7, 11) is 1.58. The fraction of sp³-hybridized carbons (Fsp3) is 0.143. The lowest BCUT2D eigenvalue weighted by Crippen LogP contribution is -2.14. The van der Waals surface area contributed by atoms with Crippen molar-refractivity contribution in [1.82, 2.24) is 25.2 Å². The van der Waals surface area contributed by atoms with Crippen molar-refractivity contribution in [3.8, 4) is 11.4 Å². The summed E-state index contributed by atoms with van der Waals surface area (Å²) < 4.78 is 7.36. The van der Waals surface area contributed by atoms with Crippen molar-refractivity contribution in [3.05, 3.63) is 71.5 Å². The summed E-state index contributed by atoms with van der Waals surface area (Å²) >= 11 is 2.77. The minimum atomic E-state index is -0.185. The quantitative estimate of drug-likeness (QED) is 0.295. The van der Waals surface area contributed by atoms with Crippen LogP contribution in [-0.4, -0.2) is 49.7 Å². The van der Waals surface area contributed by atoms with Gasteiger partial charge >= 0.3 is 0 Å². The zero-order valence-corrected chi connectivity index (χ0v) is 18.6. The number of carbonyl (C=O) groups excluding carboxylic acids is 2. The third kappa shape index (κ3) is 5.56. The number of anilines is 1. The minimum Gasteiger partial charge on any atom is -0.497 e. The first-order valence-electron chi connectivity index (χ1n) is 9.48. The van der Waals surface area contributed by atoms with Gasteiger partial charge in [-0.1, -0.05) is 17.8 Å². The second-order valence-electron chi connectivity index (χ2n) is 6.57. The Labute approximate surface area is 191 Å². The minimum absolute atomic E-state index is 0.00890. The van der Waals surface area contributed by atoms with Crippen molar-refractivity contribution in [2.75, 3.05) is 18.2 Å². The average molecular weight is 467 g/mol. The van der Waals surface area contributed by atoms with Gasteiger partial charge in [-0.15, -0.1) is 16.4 Å². The number of tetrazole rings is 1.